The van der Waals surface area contributed by atoms with Gasteiger partial charge in [-0.05, 0) is 12.8 Å². The van der Waals surface area contributed by atoms with E-state index in [1.54, 1.807) is 14.1 Å². The number of carboxylic acids is 1. The molecule has 198 valence electrons. The number of rotatable bonds is 13. The highest BCUT2D eigenvalue weighted by Crippen LogP contribution is 2.52. The summed E-state index contributed by atoms with van der Waals surface area (Å²) < 4.78 is 154. The van der Waals surface area contributed by atoms with Crippen molar-refractivity contribution < 1.29 is 66.7 Å². The van der Waals surface area contributed by atoms with Crippen LogP contribution in [0.3, 0.4) is 0 Å². The van der Waals surface area contributed by atoms with Gasteiger partial charge in [-0.3, -0.25) is 0 Å². The van der Waals surface area contributed by atoms with Crippen molar-refractivity contribution in [1.82, 2.24) is 4.72 Å². The van der Waals surface area contributed by atoms with Crippen molar-refractivity contribution in [3.63, 3.8) is 0 Å². The van der Waals surface area contributed by atoms with Crippen molar-refractivity contribution in [3.8, 4) is 0 Å². The lowest BCUT2D eigenvalue weighted by molar-refractivity contribution is -0.883. The fourth-order valence-electron chi connectivity index (χ4n) is 2.89. The Kier molecular flexibility index (Phi) is 10.5. The lowest BCUT2D eigenvalue weighted by Crippen LogP contribution is -2.55. The average molecular weight is 531 g/mol. The Balaban J connectivity index is 5.00. The van der Waals surface area contributed by atoms with E-state index in [0.717, 1.165) is 0 Å². The summed E-state index contributed by atoms with van der Waals surface area (Å²) in [5, 5.41) is 8.74. The van der Waals surface area contributed by atoms with Gasteiger partial charge in [0.05, 0.1) is 32.3 Å². The predicted molar refractivity (Wildman–Crippen MR) is 95.2 cm³/mol. The number of likely N-dealkylation sites (N-methyl/N-ethyl adjacent to an activating group) is 1. The molecule has 0 saturated heterocycles. The van der Waals surface area contributed by atoms with Crippen LogP contribution in [0.2, 0.25) is 0 Å². The van der Waals surface area contributed by atoms with Crippen LogP contribution in [0.15, 0.2) is 0 Å². The van der Waals surface area contributed by atoms with E-state index in [0.29, 0.717) is 0 Å². The smallest absolute Gasteiger partial charge is 0.431 e. The molecule has 0 aliphatic rings. The van der Waals surface area contributed by atoms with Gasteiger partial charge >= 0.3 is 24.5 Å². The second-order valence-electron chi connectivity index (χ2n) is 8.16. The number of alkyl halides is 10. The molecule has 1 atom stereocenters. The molecule has 17 heteroatoms. The molecule has 6 nitrogen and oxygen atoms in total. The maximum atomic E-state index is 13.7. The molecule has 0 bridgehead atoms. The zero-order chi connectivity index (χ0) is 26.5. The number of aliphatic carboxylic acids is 1. The number of nitrogens with zero attached hydrogens (tertiary/aromatic N) is 1. The number of halogens is 10. The highest BCUT2D eigenvalue weighted by Gasteiger charge is 2.73. The first-order valence-electron chi connectivity index (χ1n) is 9.34. The van der Waals surface area contributed by atoms with Crippen molar-refractivity contribution in [3.05, 3.63) is 0 Å². The van der Waals surface area contributed by atoms with E-state index in [4.69, 9.17) is 5.11 Å². The second-order valence-corrected chi connectivity index (χ2v) is 10.1. The molecule has 2 N–H and O–H groups in total. The molecule has 0 spiro atoms. The Morgan fingerprint density at radius 3 is 1.82 bits per heavy atom. The van der Waals surface area contributed by atoms with Gasteiger partial charge in [0.2, 0.25) is 10.0 Å². The number of carbonyl (C=O) groups is 1. The van der Waals surface area contributed by atoms with Gasteiger partial charge in [0.25, 0.3) is 5.67 Å². The monoisotopic (exact) mass is 531 g/mol. The van der Waals surface area contributed by atoms with E-state index in [-0.39, 0.29) is 30.5 Å². The van der Waals surface area contributed by atoms with Crippen molar-refractivity contribution in [2.45, 2.75) is 49.9 Å². The number of sulfonamides is 1. The van der Waals surface area contributed by atoms with Crippen molar-refractivity contribution >= 4 is 16.0 Å². The molecule has 0 heterocycles. The summed E-state index contributed by atoms with van der Waals surface area (Å²) in [4.78, 5) is 10.7. The van der Waals surface area contributed by atoms with Crippen LogP contribution in [0.25, 0.3) is 0 Å². The zero-order valence-corrected chi connectivity index (χ0v) is 18.4. The molecule has 0 aromatic rings. The molecule has 1 unspecified atom stereocenters. The van der Waals surface area contributed by atoms with Gasteiger partial charge in [-0.15, -0.1) is 0 Å². The van der Waals surface area contributed by atoms with Crippen molar-refractivity contribution in [2.24, 2.45) is 5.92 Å². The number of hydrogen-bond donors (Lipinski definition) is 2. The summed E-state index contributed by atoms with van der Waals surface area (Å²) in [7, 11) is -1.15. The standard InChI is InChI=1S/C16H24F10N2O4S/c1-28(2,10-12(29)30)7-4-6-27-33(31,32)8-3-5-11(14(18,19)20)9-13(17,15(21,22)23)16(24,25)26/h11,27H,3-10H2,1-2H3/p+1. The van der Waals surface area contributed by atoms with Crippen molar-refractivity contribution in [2.75, 3.05) is 39.5 Å². The molecule has 0 saturated carbocycles. The van der Waals surface area contributed by atoms with Crippen LogP contribution in [0.5, 0.6) is 0 Å². The molecule has 0 fully saturated rings. The van der Waals surface area contributed by atoms with E-state index >= 15 is 0 Å². The highest BCUT2D eigenvalue weighted by atomic mass is 32.2. The van der Waals surface area contributed by atoms with Crippen LogP contribution in [0, 0.1) is 5.92 Å². The fourth-order valence-corrected chi connectivity index (χ4v) is 4.03. The third-order valence-electron chi connectivity index (χ3n) is 4.68. The third kappa shape index (κ3) is 10.6. The number of quaternary nitrogens is 1. The predicted octanol–water partition coefficient (Wildman–Crippen LogP) is 3.64. The summed E-state index contributed by atoms with van der Waals surface area (Å²) >= 11 is 0. The lowest BCUT2D eigenvalue weighted by atomic mass is 9.87. The molecule has 0 aromatic heterocycles. The molecule has 0 aliphatic heterocycles. The molecular weight excluding hydrogens is 506 g/mol. The summed E-state index contributed by atoms with van der Waals surface area (Å²) in [6.07, 6.45) is -24.3. The zero-order valence-electron chi connectivity index (χ0n) is 17.5. The van der Waals surface area contributed by atoms with Gasteiger partial charge in [0.1, 0.15) is 0 Å². The Bertz CT molecular complexity index is 734. The minimum Gasteiger partial charge on any atom is -0.477 e. The van der Waals surface area contributed by atoms with E-state index in [1.165, 1.54) is 0 Å². The first-order valence-corrected chi connectivity index (χ1v) is 11.0. The van der Waals surface area contributed by atoms with Gasteiger partial charge in [-0.1, -0.05) is 0 Å². The van der Waals surface area contributed by atoms with Gasteiger partial charge < -0.3 is 9.59 Å². The molecule has 0 radical (unpaired) electrons. The van der Waals surface area contributed by atoms with Crippen molar-refractivity contribution in [1.29, 1.82) is 0 Å². The summed E-state index contributed by atoms with van der Waals surface area (Å²) in [6.45, 7) is -0.294. The number of carboxylic acid groups (broad SMARTS) is 1. The van der Waals surface area contributed by atoms with Gasteiger partial charge in [0.15, 0.2) is 6.54 Å². The molecule has 0 rings (SSSR count). The first kappa shape index (κ1) is 31.6. The second kappa shape index (κ2) is 10.9. The number of nitrogens with one attached hydrogen (secondary N) is 1. The van der Waals surface area contributed by atoms with E-state index < -0.39 is 71.1 Å². The Hall–Kier alpha value is -1.36. The molecule has 0 aromatic carbocycles. The Labute approximate surface area is 183 Å². The Morgan fingerprint density at radius 2 is 1.42 bits per heavy atom. The molecule has 0 amide bonds. The quantitative estimate of drug-likeness (QED) is 0.216. The SMILES string of the molecule is C[N+](C)(CCCNS(=O)(=O)CCCC(CC(F)(C(F)(F)F)C(F)(F)F)C(F)(F)F)CC(=O)O. The topological polar surface area (TPSA) is 83.5 Å². The lowest BCUT2D eigenvalue weighted by Gasteiger charge is -2.33. The maximum Gasteiger partial charge on any atom is 0.431 e. The van der Waals surface area contributed by atoms with Crippen LogP contribution in [-0.2, 0) is 14.8 Å². The van der Waals surface area contributed by atoms with E-state index in [9.17, 15) is 57.1 Å². The normalized spacial score (nSPS) is 15.5. The maximum absolute atomic E-state index is 13.7. The molecule has 33 heavy (non-hydrogen) atoms. The molecule has 0 aliphatic carbocycles. The van der Waals surface area contributed by atoms with Crippen LogP contribution in [0.1, 0.15) is 25.7 Å². The summed E-state index contributed by atoms with van der Waals surface area (Å²) in [6, 6.07) is 0. The van der Waals surface area contributed by atoms with Crippen LogP contribution < -0.4 is 4.72 Å². The van der Waals surface area contributed by atoms with E-state index in [2.05, 4.69) is 0 Å². The van der Waals surface area contributed by atoms with Gasteiger partial charge in [0, 0.05) is 19.4 Å². The highest BCUT2D eigenvalue weighted by molar-refractivity contribution is 7.89. The largest absolute Gasteiger partial charge is 0.477 e. The number of hydrogen-bond acceptors (Lipinski definition) is 3. The average Bonchev–Trinajstić information content (AvgIpc) is 2.53. The summed E-state index contributed by atoms with van der Waals surface area (Å²) in [5.74, 6) is -5.55. The third-order valence-corrected chi connectivity index (χ3v) is 6.15. The van der Waals surface area contributed by atoms with Gasteiger partial charge in [-0.2, -0.15) is 39.5 Å². The minimum atomic E-state index is -6.66. The van der Waals surface area contributed by atoms with Crippen LogP contribution >= 0.6 is 0 Å². The fraction of sp³-hybridized carbons (Fsp3) is 0.938. The summed E-state index contributed by atoms with van der Waals surface area (Å²) in [5.41, 5.74) is -6.11. The minimum absolute atomic E-state index is 0.00623. The first-order chi connectivity index (χ1) is 14.4. The van der Waals surface area contributed by atoms with Crippen LogP contribution in [0.4, 0.5) is 43.9 Å². The van der Waals surface area contributed by atoms with E-state index in [1.807, 2.05) is 4.72 Å². The van der Waals surface area contributed by atoms with Crippen LogP contribution in [-0.4, -0.2) is 87.7 Å². The Morgan fingerprint density at radius 1 is 0.939 bits per heavy atom. The van der Waals surface area contributed by atoms with Gasteiger partial charge in [-0.25, -0.2) is 22.3 Å². The molecular formula is C16H25F10N2O4S+.